The van der Waals surface area contributed by atoms with Crippen LogP contribution in [-0.4, -0.2) is 136 Å². The van der Waals surface area contributed by atoms with Gasteiger partial charge in [-0.05, 0) is 56.6 Å². The Morgan fingerprint density at radius 3 is 2.13 bits per heavy atom. The van der Waals surface area contributed by atoms with E-state index in [9.17, 15) is 43.5 Å². The van der Waals surface area contributed by atoms with Gasteiger partial charge in [-0.15, -0.1) is 11.8 Å². The predicted molar refractivity (Wildman–Crippen MR) is 238 cm³/mol. The minimum absolute atomic E-state index is 0.0368. The van der Waals surface area contributed by atoms with Gasteiger partial charge in [0, 0.05) is 49.7 Å². The summed E-state index contributed by atoms with van der Waals surface area (Å²) in [4.78, 5) is 104. The number of carbonyl (C=O) groups excluding carboxylic acids is 6. The number of thioether (sulfide) groups is 1. The minimum atomic E-state index is -1.23. The molecule has 1 fully saturated rings. The van der Waals surface area contributed by atoms with Crippen molar-refractivity contribution in [1.29, 1.82) is 0 Å². The van der Waals surface area contributed by atoms with Gasteiger partial charge in [0.25, 0.3) is 0 Å². The zero-order chi connectivity index (χ0) is 47.1. The molecule has 18 heteroatoms. The molecular formula is C44H69N7O10S. The number of hydrogen-bond acceptors (Lipinski definition) is 11. The maximum atomic E-state index is 14.2. The number of likely N-dealkylation sites (N-methyl/N-ethyl adjacent to an activating group) is 2. The summed E-state index contributed by atoms with van der Waals surface area (Å²) in [5, 5.41) is 29.4. The Morgan fingerprint density at radius 2 is 1.58 bits per heavy atom. The first-order valence-corrected chi connectivity index (χ1v) is 22.1. The minimum Gasteiger partial charge on any atom is -0.480 e. The Morgan fingerprint density at radius 1 is 0.952 bits per heavy atom. The summed E-state index contributed by atoms with van der Waals surface area (Å²) in [5.41, 5.74) is 5.58. The normalized spacial score (nSPS) is 17.2. The number of likely N-dealkylation sites (tertiary alicyclic amines) is 1. The highest BCUT2D eigenvalue weighted by atomic mass is 32.2. The van der Waals surface area contributed by atoms with Crippen molar-refractivity contribution < 1.29 is 48.6 Å². The number of nitrogens with one attached hydrogen (secondary N) is 4. The first-order chi connectivity index (χ1) is 28.8. The summed E-state index contributed by atoms with van der Waals surface area (Å²) in [6, 6.07) is 5.32. The van der Waals surface area contributed by atoms with E-state index in [1.165, 1.54) is 0 Å². The van der Waals surface area contributed by atoms with Gasteiger partial charge in [0.05, 0.1) is 17.3 Å². The van der Waals surface area contributed by atoms with Crippen LogP contribution in [0.15, 0.2) is 42.0 Å². The number of imide groups is 1. The summed E-state index contributed by atoms with van der Waals surface area (Å²) in [7, 11) is 3.38. The molecule has 0 aliphatic carbocycles. The number of nitrogens with two attached hydrogens (primary N) is 1. The number of unbranched alkanes of at least 4 members (excludes halogenated alkanes) is 1. The Kier molecular flexibility index (Phi) is 20.8. The van der Waals surface area contributed by atoms with Crippen LogP contribution in [0, 0.1) is 11.3 Å². The molecule has 6 atom stereocenters. The van der Waals surface area contributed by atoms with Crippen LogP contribution in [0.25, 0.3) is 0 Å². The van der Waals surface area contributed by atoms with E-state index in [0.29, 0.717) is 18.4 Å². The predicted octanol–water partition coefficient (Wildman–Crippen LogP) is 2.42. The third-order valence-corrected chi connectivity index (χ3v) is 12.4. The van der Waals surface area contributed by atoms with Crippen LogP contribution in [0.3, 0.4) is 0 Å². The maximum absolute atomic E-state index is 14.2. The fourth-order valence-corrected chi connectivity index (χ4v) is 8.32. The quantitative estimate of drug-likeness (QED) is 0.0424. The smallest absolute Gasteiger partial charge is 0.326 e. The average molecular weight is 888 g/mol. The average Bonchev–Trinajstić information content (AvgIpc) is 3.47. The van der Waals surface area contributed by atoms with Crippen molar-refractivity contribution in [2.45, 2.75) is 135 Å². The third-order valence-electron chi connectivity index (χ3n) is 11.1. The highest BCUT2D eigenvalue weighted by Crippen LogP contribution is 2.29. The van der Waals surface area contributed by atoms with E-state index in [4.69, 9.17) is 10.8 Å². The zero-order valence-corrected chi connectivity index (χ0v) is 38.7. The van der Waals surface area contributed by atoms with Crippen LogP contribution in [0.2, 0.25) is 0 Å². The highest BCUT2D eigenvalue weighted by Gasteiger charge is 2.42. The summed E-state index contributed by atoms with van der Waals surface area (Å²) >= 11 is 0.997. The van der Waals surface area contributed by atoms with Gasteiger partial charge in [-0.3, -0.25) is 38.5 Å². The fourth-order valence-electron chi connectivity index (χ4n) is 7.21. The van der Waals surface area contributed by atoms with E-state index in [-0.39, 0.29) is 68.2 Å². The second-order valence-corrected chi connectivity index (χ2v) is 19.1. The molecule has 0 radical (unpaired) electrons. The molecule has 0 bridgehead atoms. The summed E-state index contributed by atoms with van der Waals surface area (Å²) in [6.07, 6.45) is 2.50. The van der Waals surface area contributed by atoms with Crippen LogP contribution in [-0.2, 0) is 43.8 Å². The molecule has 1 heterocycles. The molecule has 1 aromatic rings. The lowest BCUT2D eigenvalue weighted by molar-refractivity contribution is -0.142. The molecule has 0 spiro atoms. The molecule has 1 aliphatic rings. The number of carboxylic acid groups (broad SMARTS) is 2. The first kappa shape index (κ1) is 53.3. The van der Waals surface area contributed by atoms with E-state index >= 15 is 0 Å². The molecule has 8 N–H and O–H groups in total. The first-order valence-electron chi connectivity index (χ1n) is 21.1. The second kappa shape index (κ2) is 24.1. The van der Waals surface area contributed by atoms with Crippen molar-refractivity contribution in [3.8, 4) is 0 Å². The molecule has 62 heavy (non-hydrogen) atoms. The SMILES string of the molecule is CN[C@H](C(=O)N[C@H](C(=O)N(C)[C@H](/C=C(\C)C(=O)NCCCC[C@@H](NC(=O)CCCN1C(=O)CC(SC[C@H](N)C(=O)O)C1=O)C(=O)O)C(C)C)C(C)(C)C)C(C)(C)c1ccccc1. The van der Waals surface area contributed by atoms with E-state index in [1.54, 1.807) is 32.0 Å². The number of rotatable bonds is 25. The van der Waals surface area contributed by atoms with Gasteiger partial charge in [0.2, 0.25) is 35.4 Å². The lowest BCUT2D eigenvalue weighted by Crippen LogP contribution is -2.61. The van der Waals surface area contributed by atoms with E-state index in [1.807, 2.05) is 78.8 Å². The Hall–Kier alpha value is -4.81. The number of benzene rings is 1. The Labute approximate surface area is 370 Å². The number of carbonyl (C=O) groups is 8. The van der Waals surface area contributed by atoms with Crippen molar-refractivity contribution in [2.24, 2.45) is 17.1 Å². The van der Waals surface area contributed by atoms with Crippen LogP contribution >= 0.6 is 11.8 Å². The topological polar surface area (TPSA) is 258 Å². The molecule has 1 saturated heterocycles. The number of amides is 6. The van der Waals surface area contributed by atoms with Gasteiger partial charge >= 0.3 is 11.9 Å². The summed E-state index contributed by atoms with van der Waals surface area (Å²) in [5.74, 6) is -5.01. The molecule has 1 aliphatic heterocycles. The molecule has 0 saturated carbocycles. The van der Waals surface area contributed by atoms with Crippen molar-refractivity contribution in [2.75, 3.05) is 32.9 Å². The number of aliphatic carboxylic acids is 2. The van der Waals surface area contributed by atoms with Gasteiger partial charge < -0.3 is 42.1 Å². The van der Waals surface area contributed by atoms with Crippen LogP contribution in [0.4, 0.5) is 0 Å². The largest absolute Gasteiger partial charge is 0.480 e. The lowest BCUT2D eigenvalue weighted by Gasteiger charge is -2.40. The molecule has 2 rings (SSSR count). The molecule has 6 amide bonds. The van der Waals surface area contributed by atoms with E-state index in [2.05, 4.69) is 21.3 Å². The Bertz CT molecular complexity index is 1780. The highest BCUT2D eigenvalue weighted by molar-refractivity contribution is 8.00. The van der Waals surface area contributed by atoms with Gasteiger partial charge in [-0.2, -0.15) is 0 Å². The van der Waals surface area contributed by atoms with Crippen molar-refractivity contribution >= 4 is 59.1 Å². The van der Waals surface area contributed by atoms with Gasteiger partial charge in [0.1, 0.15) is 18.1 Å². The van der Waals surface area contributed by atoms with Crippen molar-refractivity contribution in [3.63, 3.8) is 0 Å². The van der Waals surface area contributed by atoms with Gasteiger partial charge in [-0.1, -0.05) is 84.9 Å². The van der Waals surface area contributed by atoms with Crippen LogP contribution in [0.1, 0.15) is 99.5 Å². The third kappa shape index (κ3) is 15.5. The van der Waals surface area contributed by atoms with Crippen molar-refractivity contribution in [1.82, 2.24) is 31.1 Å². The van der Waals surface area contributed by atoms with E-state index in [0.717, 1.165) is 22.2 Å². The van der Waals surface area contributed by atoms with Crippen LogP contribution < -0.4 is 27.0 Å². The molecule has 17 nitrogen and oxygen atoms in total. The molecule has 1 aromatic carbocycles. The monoisotopic (exact) mass is 887 g/mol. The fraction of sp³-hybridized carbons (Fsp3) is 0.636. The number of carboxylic acids is 2. The van der Waals surface area contributed by atoms with Crippen LogP contribution in [0.5, 0.6) is 0 Å². The number of nitrogens with zero attached hydrogens (tertiary/aromatic N) is 2. The lowest BCUT2D eigenvalue weighted by atomic mass is 9.76. The summed E-state index contributed by atoms with van der Waals surface area (Å²) in [6.45, 7) is 15.3. The van der Waals surface area contributed by atoms with Gasteiger partial charge in [-0.25, -0.2) is 4.79 Å². The maximum Gasteiger partial charge on any atom is 0.326 e. The standard InChI is InChI=1S/C44H69N7O10S/c1-26(2)31(50(10)40(57)36(43(4,5)6)49-38(55)35(46-9)44(7,8)28-17-12-11-13-18-28)23-27(3)37(54)47-21-15-14-19-30(42(60)61)48-33(52)20-16-22-51-34(53)24-32(39(51)56)62-25-29(45)41(58)59/h11-13,17-18,23,26,29-32,35-36,46H,14-16,19-22,24-25,45H2,1-10H3,(H,47,54)(H,48,52)(H,49,55)(H,58,59)(H,60,61)/b27-23+/t29-,30+,31+,32?,35+,36+/m0/s1. The van der Waals surface area contributed by atoms with E-state index < -0.39 is 75.9 Å². The summed E-state index contributed by atoms with van der Waals surface area (Å²) < 4.78 is 0. The molecule has 346 valence electrons. The van der Waals surface area contributed by atoms with Gasteiger partial charge in [0.15, 0.2) is 0 Å². The molecular weight excluding hydrogens is 819 g/mol. The molecule has 1 unspecified atom stereocenters. The zero-order valence-electron chi connectivity index (χ0n) is 37.9. The number of hydrogen-bond donors (Lipinski definition) is 7. The second-order valence-electron chi connectivity index (χ2n) is 17.8. The Balaban J connectivity index is 1.93. The molecule has 0 aromatic heterocycles. The van der Waals surface area contributed by atoms with Crippen molar-refractivity contribution in [3.05, 3.63) is 47.5 Å².